The lowest BCUT2D eigenvalue weighted by Crippen LogP contribution is -2.17. The number of nitrogens with two attached hydrogens (primary N) is 1. The number of hydrogen-bond acceptors (Lipinski definition) is 3. The average molecular weight is 192 g/mol. The number of amidine groups is 1. The van der Waals surface area contributed by atoms with Crippen LogP contribution < -0.4 is 5.73 Å². The van der Waals surface area contributed by atoms with E-state index < -0.39 is 0 Å². The van der Waals surface area contributed by atoms with E-state index in [1.807, 2.05) is 0 Å². The van der Waals surface area contributed by atoms with Crippen molar-refractivity contribution in [3.05, 3.63) is 34.4 Å². The Balaban J connectivity index is 2.61. The Labute approximate surface area is 82.4 Å². The number of benzene rings is 1. The Hall–Kier alpha value is -0.960. The van der Waals surface area contributed by atoms with Gasteiger partial charge in [0.2, 0.25) is 0 Å². The SMILES string of the molecule is Cc1cc2c(cc1C)C(N)=NSC2. The van der Waals surface area contributed by atoms with Crippen molar-refractivity contribution in [2.45, 2.75) is 19.6 Å². The van der Waals surface area contributed by atoms with E-state index in [2.05, 4.69) is 30.4 Å². The third kappa shape index (κ3) is 1.44. The van der Waals surface area contributed by atoms with Crippen molar-refractivity contribution < 1.29 is 0 Å². The maximum atomic E-state index is 5.79. The molecule has 0 fully saturated rings. The van der Waals surface area contributed by atoms with Gasteiger partial charge in [0.15, 0.2) is 0 Å². The predicted molar refractivity (Wildman–Crippen MR) is 57.9 cm³/mol. The molecule has 2 N–H and O–H groups in total. The smallest absolute Gasteiger partial charge is 0.139 e. The van der Waals surface area contributed by atoms with Crippen LogP contribution in [0, 0.1) is 13.8 Å². The largest absolute Gasteiger partial charge is 0.383 e. The molecule has 1 aromatic carbocycles. The number of rotatable bonds is 0. The lowest BCUT2D eigenvalue weighted by atomic mass is 10.0. The van der Waals surface area contributed by atoms with Crippen LogP contribution in [0.1, 0.15) is 22.3 Å². The minimum Gasteiger partial charge on any atom is -0.383 e. The van der Waals surface area contributed by atoms with Crippen LogP contribution >= 0.6 is 11.9 Å². The summed E-state index contributed by atoms with van der Waals surface area (Å²) in [5, 5.41) is 0. The second kappa shape index (κ2) is 3.07. The molecule has 0 bridgehead atoms. The molecule has 0 spiro atoms. The number of fused-ring (bicyclic) bond motifs is 1. The molecule has 1 aliphatic rings. The fourth-order valence-corrected chi connectivity index (χ4v) is 2.13. The van der Waals surface area contributed by atoms with Gasteiger partial charge in [-0.2, -0.15) is 4.40 Å². The normalized spacial score (nSPS) is 15.1. The zero-order chi connectivity index (χ0) is 9.42. The minimum absolute atomic E-state index is 0.661. The molecular formula is C10H12N2S. The molecule has 1 aromatic rings. The molecule has 2 nitrogen and oxygen atoms in total. The zero-order valence-corrected chi connectivity index (χ0v) is 8.61. The van der Waals surface area contributed by atoms with Crippen LogP contribution in [0.4, 0.5) is 0 Å². The van der Waals surface area contributed by atoms with Gasteiger partial charge in [0.25, 0.3) is 0 Å². The van der Waals surface area contributed by atoms with Crippen LogP contribution in [0.15, 0.2) is 16.5 Å². The number of hydrogen-bond donors (Lipinski definition) is 1. The highest BCUT2D eigenvalue weighted by Gasteiger charge is 2.12. The predicted octanol–water partition coefficient (Wildman–Crippen LogP) is 2.17. The van der Waals surface area contributed by atoms with E-state index in [0.29, 0.717) is 5.84 Å². The lowest BCUT2D eigenvalue weighted by molar-refractivity contribution is 1.26. The van der Waals surface area contributed by atoms with Gasteiger partial charge in [-0.15, -0.1) is 0 Å². The first kappa shape index (κ1) is 8.63. The van der Waals surface area contributed by atoms with E-state index in [0.717, 1.165) is 11.3 Å². The van der Waals surface area contributed by atoms with Gasteiger partial charge in [-0.3, -0.25) is 0 Å². The standard InChI is InChI=1S/C10H12N2S/c1-6-3-8-5-13-12-10(11)9(8)4-7(6)2/h3-4H,5H2,1-2H3,(H2,11,12). The van der Waals surface area contributed by atoms with Gasteiger partial charge in [0.05, 0.1) is 0 Å². The molecule has 1 heterocycles. The summed E-state index contributed by atoms with van der Waals surface area (Å²) in [4.78, 5) is 0. The molecule has 0 saturated carbocycles. The van der Waals surface area contributed by atoms with E-state index in [4.69, 9.17) is 5.73 Å². The maximum absolute atomic E-state index is 5.79. The van der Waals surface area contributed by atoms with Gasteiger partial charge in [-0.25, -0.2) is 0 Å². The summed E-state index contributed by atoms with van der Waals surface area (Å²) < 4.78 is 4.15. The molecule has 0 atom stereocenters. The van der Waals surface area contributed by atoms with E-state index in [1.54, 1.807) is 0 Å². The van der Waals surface area contributed by atoms with Crippen LogP contribution in [-0.4, -0.2) is 5.84 Å². The third-order valence-electron chi connectivity index (χ3n) is 2.38. The summed E-state index contributed by atoms with van der Waals surface area (Å²) in [5.41, 5.74) is 10.8. The Morgan fingerprint density at radius 3 is 2.77 bits per heavy atom. The van der Waals surface area contributed by atoms with Crippen molar-refractivity contribution >= 4 is 17.8 Å². The van der Waals surface area contributed by atoms with Gasteiger partial charge in [0, 0.05) is 11.3 Å². The van der Waals surface area contributed by atoms with Crippen molar-refractivity contribution in [2.24, 2.45) is 10.1 Å². The molecule has 2 rings (SSSR count). The second-order valence-corrected chi connectivity index (χ2v) is 4.07. The molecule has 3 heteroatoms. The second-order valence-electron chi connectivity index (χ2n) is 3.34. The van der Waals surface area contributed by atoms with Gasteiger partial charge in [0.1, 0.15) is 5.84 Å². The topological polar surface area (TPSA) is 38.4 Å². The average Bonchev–Trinajstić information content (AvgIpc) is 2.09. The highest BCUT2D eigenvalue weighted by Crippen LogP contribution is 2.25. The van der Waals surface area contributed by atoms with Crippen molar-refractivity contribution in [3.8, 4) is 0 Å². The Morgan fingerprint density at radius 2 is 2.00 bits per heavy atom. The van der Waals surface area contributed by atoms with E-state index in [-0.39, 0.29) is 0 Å². The van der Waals surface area contributed by atoms with Crippen molar-refractivity contribution in [1.29, 1.82) is 0 Å². The Morgan fingerprint density at radius 1 is 1.31 bits per heavy atom. The summed E-state index contributed by atoms with van der Waals surface area (Å²) in [6.45, 7) is 4.23. The van der Waals surface area contributed by atoms with Gasteiger partial charge >= 0.3 is 0 Å². The van der Waals surface area contributed by atoms with Crippen LogP contribution in [0.3, 0.4) is 0 Å². The zero-order valence-electron chi connectivity index (χ0n) is 7.79. The summed E-state index contributed by atoms with van der Waals surface area (Å²) >= 11 is 1.52. The molecule has 0 amide bonds. The van der Waals surface area contributed by atoms with Crippen molar-refractivity contribution in [3.63, 3.8) is 0 Å². The first-order valence-electron chi connectivity index (χ1n) is 4.24. The molecular weight excluding hydrogens is 180 g/mol. The molecule has 68 valence electrons. The summed E-state index contributed by atoms with van der Waals surface area (Å²) in [6.07, 6.45) is 0. The fourth-order valence-electron chi connectivity index (χ4n) is 1.45. The molecule has 0 aromatic heterocycles. The first-order valence-corrected chi connectivity index (χ1v) is 5.18. The quantitative estimate of drug-likeness (QED) is 0.640. The van der Waals surface area contributed by atoms with E-state index in [1.165, 1.54) is 28.6 Å². The maximum Gasteiger partial charge on any atom is 0.139 e. The third-order valence-corrected chi connectivity index (χ3v) is 3.14. The highest BCUT2D eigenvalue weighted by atomic mass is 32.2. The fraction of sp³-hybridized carbons (Fsp3) is 0.300. The highest BCUT2D eigenvalue weighted by molar-refractivity contribution is 7.97. The summed E-state index contributed by atoms with van der Waals surface area (Å²) in [6, 6.07) is 4.34. The molecule has 0 saturated heterocycles. The minimum atomic E-state index is 0.661. The van der Waals surface area contributed by atoms with Crippen molar-refractivity contribution in [1.82, 2.24) is 0 Å². The molecule has 1 aliphatic heterocycles. The molecule has 0 aliphatic carbocycles. The van der Waals surface area contributed by atoms with Gasteiger partial charge in [-0.05, 0) is 48.6 Å². The monoisotopic (exact) mass is 192 g/mol. The first-order chi connectivity index (χ1) is 6.18. The Bertz CT molecular complexity index is 383. The lowest BCUT2D eigenvalue weighted by Gasteiger charge is -2.15. The van der Waals surface area contributed by atoms with Gasteiger partial charge in [-0.1, -0.05) is 6.07 Å². The van der Waals surface area contributed by atoms with Crippen LogP contribution in [0.25, 0.3) is 0 Å². The van der Waals surface area contributed by atoms with Crippen LogP contribution in [0.5, 0.6) is 0 Å². The van der Waals surface area contributed by atoms with Crippen LogP contribution in [-0.2, 0) is 5.75 Å². The summed E-state index contributed by atoms with van der Waals surface area (Å²) in [5.74, 6) is 1.60. The van der Waals surface area contributed by atoms with E-state index >= 15 is 0 Å². The molecule has 0 unspecified atom stereocenters. The Kier molecular flexibility index (Phi) is 2.04. The number of nitrogens with zero attached hydrogens (tertiary/aromatic N) is 1. The molecule has 0 radical (unpaired) electrons. The van der Waals surface area contributed by atoms with Crippen molar-refractivity contribution in [2.75, 3.05) is 0 Å². The van der Waals surface area contributed by atoms with Gasteiger partial charge < -0.3 is 5.73 Å². The van der Waals surface area contributed by atoms with E-state index in [9.17, 15) is 0 Å². The number of aryl methyl sites for hydroxylation is 2. The molecule has 13 heavy (non-hydrogen) atoms. The summed E-state index contributed by atoms with van der Waals surface area (Å²) in [7, 11) is 0. The van der Waals surface area contributed by atoms with Crippen LogP contribution in [0.2, 0.25) is 0 Å².